The molecule has 0 saturated carbocycles. The molecule has 0 aliphatic carbocycles. The molecule has 26 heavy (non-hydrogen) atoms. The molecule has 2 aromatic carbocycles. The summed E-state index contributed by atoms with van der Waals surface area (Å²) in [4.78, 5) is 28.3. The highest BCUT2D eigenvalue weighted by Crippen LogP contribution is 2.26. The van der Waals surface area contributed by atoms with Gasteiger partial charge in [-0.05, 0) is 36.4 Å². The van der Waals surface area contributed by atoms with Crippen LogP contribution < -0.4 is 0 Å². The number of piperazine rings is 1. The average Bonchev–Trinajstić information content (AvgIpc) is 2.64. The van der Waals surface area contributed by atoms with Gasteiger partial charge in [-0.2, -0.15) is 0 Å². The normalized spacial score (nSPS) is 14.5. The van der Waals surface area contributed by atoms with E-state index in [2.05, 4.69) is 0 Å². The van der Waals surface area contributed by atoms with E-state index in [0.717, 1.165) is 6.07 Å². The Morgan fingerprint density at radius 3 is 1.92 bits per heavy atom. The van der Waals surface area contributed by atoms with Crippen molar-refractivity contribution in [2.24, 2.45) is 0 Å². The summed E-state index contributed by atoms with van der Waals surface area (Å²) in [5, 5.41) is 0.523. The van der Waals surface area contributed by atoms with Gasteiger partial charge in [0.25, 0.3) is 11.8 Å². The molecule has 0 N–H and O–H groups in total. The second-order valence-corrected chi connectivity index (χ2v) is 7.09. The first-order chi connectivity index (χ1) is 12.4. The Labute approximate surface area is 165 Å². The molecule has 1 saturated heterocycles. The fourth-order valence-electron chi connectivity index (χ4n) is 2.74. The van der Waals surface area contributed by atoms with E-state index < -0.39 is 5.82 Å². The van der Waals surface area contributed by atoms with Crippen LogP contribution in [0.3, 0.4) is 0 Å². The minimum absolute atomic E-state index is 0.0612. The van der Waals surface area contributed by atoms with Crippen LogP contribution in [0.2, 0.25) is 15.1 Å². The third kappa shape index (κ3) is 3.95. The molecule has 4 nitrogen and oxygen atoms in total. The fraction of sp³-hybridized carbons (Fsp3) is 0.222. The zero-order chi connectivity index (χ0) is 18.8. The maximum Gasteiger partial charge on any atom is 0.255 e. The van der Waals surface area contributed by atoms with Gasteiger partial charge >= 0.3 is 0 Å². The molecule has 0 aromatic heterocycles. The number of hydrogen-bond donors (Lipinski definition) is 0. The molecule has 0 atom stereocenters. The molecular formula is C18H14Cl3FN2O2. The van der Waals surface area contributed by atoms with E-state index in [1.165, 1.54) is 6.07 Å². The van der Waals surface area contributed by atoms with Gasteiger partial charge in [0, 0.05) is 36.8 Å². The van der Waals surface area contributed by atoms with Crippen LogP contribution in [0.25, 0.3) is 0 Å². The lowest BCUT2D eigenvalue weighted by Gasteiger charge is -2.35. The lowest BCUT2D eigenvalue weighted by molar-refractivity contribution is 0.0535. The zero-order valence-corrected chi connectivity index (χ0v) is 15.8. The van der Waals surface area contributed by atoms with E-state index >= 15 is 0 Å². The Bertz CT molecular complexity index is 850. The SMILES string of the molecule is O=C(c1ccc(Cl)cc1)N1CCN(C(=O)c2cc(F)c(Cl)cc2Cl)CC1. The average molecular weight is 416 g/mol. The molecule has 1 heterocycles. The number of carbonyl (C=O) groups excluding carboxylic acids is 2. The van der Waals surface area contributed by atoms with E-state index in [4.69, 9.17) is 34.8 Å². The van der Waals surface area contributed by atoms with Gasteiger partial charge < -0.3 is 9.80 Å². The van der Waals surface area contributed by atoms with Gasteiger partial charge in [-0.1, -0.05) is 34.8 Å². The van der Waals surface area contributed by atoms with Gasteiger partial charge in [-0.25, -0.2) is 4.39 Å². The molecule has 8 heteroatoms. The highest BCUT2D eigenvalue weighted by Gasteiger charge is 2.27. The molecule has 0 unspecified atom stereocenters. The third-order valence-corrected chi connectivity index (χ3v) is 5.04. The molecule has 136 valence electrons. The lowest BCUT2D eigenvalue weighted by Crippen LogP contribution is -2.50. The zero-order valence-electron chi connectivity index (χ0n) is 13.5. The minimum Gasteiger partial charge on any atom is -0.335 e. The molecule has 2 amide bonds. The van der Waals surface area contributed by atoms with Gasteiger partial charge in [0.15, 0.2) is 0 Å². The van der Waals surface area contributed by atoms with Crippen LogP contribution in [-0.2, 0) is 0 Å². The Morgan fingerprint density at radius 2 is 1.35 bits per heavy atom. The van der Waals surface area contributed by atoms with Crippen LogP contribution in [0, 0.1) is 5.82 Å². The van der Waals surface area contributed by atoms with Crippen molar-refractivity contribution in [3.63, 3.8) is 0 Å². The summed E-state index contributed by atoms with van der Waals surface area (Å²) >= 11 is 17.5. The maximum absolute atomic E-state index is 13.6. The molecule has 0 spiro atoms. The van der Waals surface area contributed by atoms with Crippen LogP contribution in [0.1, 0.15) is 20.7 Å². The van der Waals surface area contributed by atoms with E-state index in [1.54, 1.807) is 34.1 Å². The highest BCUT2D eigenvalue weighted by molar-refractivity contribution is 6.36. The van der Waals surface area contributed by atoms with Crippen LogP contribution in [0.15, 0.2) is 36.4 Å². The van der Waals surface area contributed by atoms with Gasteiger partial charge in [0.05, 0.1) is 15.6 Å². The van der Waals surface area contributed by atoms with Crippen molar-refractivity contribution in [3.05, 3.63) is 68.4 Å². The first kappa shape index (κ1) is 19.0. The summed E-state index contributed by atoms with van der Waals surface area (Å²) in [6, 6.07) is 8.90. The standard InChI is InChI=1S/C18H14Cl3FN2O2/c19-12-3-1-11(2-4-12)17(25)23-5-7-24(8-6-23)18(26)13-9-16(22)15(21)10-14(13)20/h1-4,9-10H,5-8H2. The second-order valence-electron chi connectivity index (χ2n) is 5.84. The highest BCUT2D eigenvalue weighted by atomic mass is 35.5. The molecule has 1 aliphatic rings. The summed E-state index contributed by atoms with van der Waals surface area (Å²) in [5.41, 5.74) is 0.600. The Balaban J connectivity index is 1.66. The predicted octanol–water partition coefficient (Wildman–Crippen LogP) is 4.38. The third-order valence-electron chi connectivity index (χ3n) is 4.19. The van der Waals surface area contributed by atoms with E-state index in [1.807, 2.05) is 0 Å². The molecule has 3 rings (SSSR count). The Kier molecular flexibility index (Phi) is 5.70. The van der Waals surface area contributed by atoms with Crippen LogP contribution in [-0.4, -0.2) is 47.8 Å². The van der Waals surface area contributed by atoms with E-state index in [-0.39, 0.29) is 27.4 Å². The first-order valence-electron chi connectivity index (χ1n) is 7.85. The number of hydrogen-bond acceptors (Lipinski definition) is 2. The van der Waals surface area contributed by atoms with Crippen molar-refractivity contribution in [2.75, 3.05) is 26.2 Å². The van der Waals surface area contributed by atoms with Crippen molar-refractivity contribution >= 4 is 46.6 Å². The molecule has 2 aromatic rings. The number of nitrogens with zero attached hydrogens (tertiary/aromatic N) is 2. The first-order valence-corrected chi connectivity index (χ1v) is 8.99. The summed E-state index contributed by atoms with van der Waals surface area (Å²) in [5.74, 6) is -1.20. The summed E-state index contributed by atoms with van der Waals surface area (Å²) in [6.45, 7) is 1.42. The number of halogens is 4. The quantitative estimate of drug-likeness (QED) is 0.683. The van der Waals surface area contributed by atoms with Crippen LogP contribution >= 0.6 is 34.8 Å². The largest absolute Gasteiger partial charge is 0.335 e. The molecule has 1 fully saturated rings. The van der Waals surface area contributed by atoms with Crippen LogP contribution in [0.5, 0.6) is 0 Å². The number of carbonyl (C=O) groups is 2. The van der Waals surface area contributed by atoms with Gasteiger partial charge in [0.2, 0.25) is 0 Å². The number of benzene rings is 2. The summed E-state index contributed by atoms with van der Waals surface area (Å²) < 4.78 is 13.6. The van der Waals surface area contributed by atoms with Gasteiger partial charge in [0.1, 0.15) is 5.82 Å². The van der Waals surface area contributed by atoms with Gasteiger partial charge in [-0.15, -0.1) is 0 Å². The van der Waals surface area contributed by atoms with Crippen molar-refractivity contribution in [1.82, 2.24) is 9.80 Å². The van der Waals surface area contributed by atoms with Crippen LogP contribution in [0.4, 0.5) is 4.39 Å². The molecule has 0 bridgehead atoms. The minimum atomic E-state index is -0.698. The number of rotatable bonds is 2. The maximum atomic E-state index is 13.6. The Hall–Kier alpha value is -1.82. The smallest absolute Gasteiger partial charge is 0.255 e. The van der Waals surface area contributed by atoms with Crippen molar-refractivity contribution < 1.29 is 14.0 Å². The summed E-state index contributed by atoms with van der Waals surface area (Å²) in [6.07, 6.45) is 0. The fourth-order valence-corrected chi connectivity index (χ4v) is 3.33. The lowest BCUT2D eigenvalue weighted by atomic mass is 10.1. The Morgan fingerprint density at radius 1 is 0.808 bits per heavy atom. The van der Waals surface area contributed by atoms with Gasteiger partial charge in [-0.3, -0.25) is 9.59 Å². The van der Waals surface area contributed by atoms with Crippen molar-refractivity contribution in [2.45, 2.75) is 0 Å². The predicted molar refractivity (Wildman–Crippen MR) is 99.7 cm³/mol. The van der Waals surface area contributed by atoms with Crippen molar-refractivity contribution in [3.8, 4) is 0 Å². The number of amides is 2. The molecule has 1 aliphatic heterocycles. The molecule has 0 radical (unpaired) electrons. The van der Waals surface area contributed by atoms with E-state index in [0.29, 0.717) is 36.8 Å². The topological polar surface area (TPSA) is 40.6 Å². The van der Waals surface area contributed by atoms with E-state index in [9.17, 15) is 14.0 Å². The van der Waals surface area contributed by atoms with Crippen molar-refractivity contribution in [1.29, 1.82) is 0 Å². The molecular weight excluding hydrogens is 402 g/mol. The monoisotopic (exact) mass is 414 g/mol. The summed E-state index contributed by atoms with van der Waals surface area (Å²) in [7, 11) is 0. The second kappa shape index (κ2) is 7.82.